The lowest BCUT2D eigenvalue weighted by Gasteiger charge is -2.00. The van der Waals surface area contributed by atoms with Gasteiger partial charge in [0.15, 0.2) is 11.1 Å². The molecule has 7 nitrogen and oxygen atoms in total. The van der Waals surface area contributed by atoms with Gasteiger partial charge in [-0.1, -0.05) is 23.7 Å². The molecule has 1 amide bonds. The molecule has 29 heavy (non-hydrogen) atoms. The SMILES string of the molecule is Nc1nc2cc(N=C3NC(=O)C(=Cc4ccc5ncccc5c4)S3)c(Cl)cc2[nH]1. The Labute approximate surface area is 174 Å². The number of imidazole rings is 1. The van der Waals surface area contributed by atoms with Gasteiger partial charge in [-0.3, -0.25) is 9.78 Å². The second-order valence-corrected chi connectivity index (χ2v) is 7.82. The molecule has 5 rings (SSSR count). The lowest BCUT2D eigenvalue weighted by Crippen LogP contribution is -2.19. The van der Waals surface area contributed by atoms with Gasteiger partial charge in [-0.05, 0) is 53.7 Å². The molecule has 1 aliphatic heterocycles. The molecule has 142 valence electrons. The third kappa shape index (κ3) is 3.43. The van der Waals surface area contributed by atoms with Crippen LogP contribution in [-0.2, 0) is 4.79 Å². The molecule has 9 heteroatoms. The molecule has 0 radical (unpaired) electrons. The van der Waals surface area contributed by atoms with Crippen molar-refractivity contribution in [2.45, 2.75) is 0 Å². The molecule has 2 aromatic carbocycles. The summed E-state index contributed by atoms with van der Waals surface area (Å²) in [5, 5.41) is 4.67. The number of aromatic amines is 1. The average molecular weight is 421 g/mol. The number of anilines is 1. The van der Waals surface area contributed by atoms with E-state index in [0.717, 1.165) is 22.0 Å². The predicted molar refractivity (Wildman–Crippen MR) is 118 cm³/mol. The summed E-state index contributed by atoms with van der Waals surface area (Å²) in [4.78, 5) is 28.8. The first-order valence-corrected chi connectivity index (χ1v) is 9.84. The van der Waals surface area contributed by atoms with E-state index in [1.807, 2.05) is 36.4 Å². The molecule has 1 saturated heterocycles. The number of aliphatic imine (C=N–C) groups is 1. The van der Waals surface area contributed by atoms with E-state index in [1.54, 1.807) is 18.3 Å². The van der Waals surface area contributed by atoms with Crippen LogP contribution in [0.4, 0.5) is 11.6 Å². The fraction of sp³-hybridized carbons (Fsp3) is 0. The Morgan fingerprint density at radius 1 is 1.17 bits per heavy atom. The summed E-state index contributed by atoms with van der Waals surface area (Å²) in [5.41, 5.74) is 9.39. The van der Waals surface area contributed by atoms with E-state index < -0.39 is 0 Å². The predicted octanol–water partition coefficient (Wildman–Crippen LogP) is 4.24. The van der Waals surface area contributed by atoms with Gasteiger partial charge in [-0.2, -0.15) is 0 Å². The highest BCUT2D eigenvalue weighted by Gasteiger charge is 2.24. The highest BCUT2D eigenvalue weighted by Crippen LogP contribution is 2.33. The van der Waals surface area contributed by atoms with E-state index in [9.17, 15) is 4.79 Å². The molecule has 0 unspecified atom stereocenters. The Morgan fingerprint density at radius 2 is 2.07 bits per heavy atom. The number of hydrogen-bond donors (Lipinski definition) is 3. The smallest absolute Gasteiger partial charge is 0.264 e. The number of rotatable bonds is 2. The molecule has 3 heterocycles. The molecule has 0 aliphatic carbocycles. The summed E-state index contributed by atoms with van der Waals surface area (Å²) in [5.74, 6) is 0.0986. The topological polar surface area (TPSA) is 109 Å². The van der Waals surface area contributed by atoms with Crippen LogP contribution in [0, 0.1) is 0 Å². The Hall–Kier alpha value is -3.36. The van der Waals surface area contributed by atoms with Crippen LogP contribution in [0.1, 0.15) is 5.56 Å². The van der Waals surface area contributed by atoms with Gasteiger partial charge < -0.3 is 16.0 Å². The van der Waals surface area contributed by atoms with Gasteiger partial charge in [0.1, 0.15) is 0 Å². The van der Waals surface area contributed by atoms with Gasteiger partial charge >= 0.3 is 0 Å². The summed E-state index contributed by atoms with van der Waals surface area (Å²) < 4.78 is 0. The average Bonchev–Trinajstić information content (AvgIpc) is 3.22. The van der Waals surface area contributed by atoms with Crippen molar-refractivity contribution in [2.24, 2.45) is 4.99 Å². The second kappa shape index (κ2) is 6.91. The summed E-state index contributed by atoms with van der Waals surface area (Å²) in [6.07, 6.45) is 3.58. The van der Waals surface area contributed by atoms with Crippen LogP contribution in [0.15, 0.2) is 58.6 Å². The fourth-order valence-corrected chi connectivity index (χ4v) is 4.09. The van der Waals surface area contributed by atoms with Gasteiger partial charge in [0.25, 0.3) is 5.91 Å². The van der Waals surface area contributed by atoms with Crippen LogP contribution in [0.25, 0.3) is 28.0 Å². The van der Waals surface area contributed by atoms with E-state index in [4.69, 9.17) is 17.3 Å². The van der Waals surface area contributed by atoms with Gasteiger partial charge in [0, 0.05) is 11.6 Å². The number of benzene rings is 2. The number of thioether (sulfide) groups is 1. The van der Waals surface area contributed by atoms with Crippen LogP contribution in [0.3, 0.4) is 0 Å². The van der Waals surface area contributed by atoms with Crippen LogP contribution in [0.5, 0.6) is 0 Å². The van der Waals surface area contributed by atoms with E-state index in [1.165, 1.54) is 11.8 Å². The monoisotopic (exact) mass is 420 g/mol. The molecule has 4 N–H and O–H groups in total. The quantitative estimate of drug-likeness (QED) is 0.420. The minimum absolute atomic E-state index is 0.207. The molecule has 0 bridgehead atoms. The molecular formula is C20H13ClN6OS. The third-order valence-corrected chi connectivity index (χ3v) is 5.58. The van der Waals surface area contributed by atoms with Crippen molar-refractivity contribution in [3.63, 3.8) is 0 Å². The van der Waals surface area contributed by atoms with E-state index in [2.05, 4.69) is 25.3 Å². The minimum Gasteiger partial charge on any atom is -0.369 e. The summed E-state index contributed by atoms with van der Waals surface area (Å²) in [6, 6.07) is 13.2. The van der Waals surface area contributed by atoms with E-state index >= 15 is 0 Å². The first kappa shape index (κ1) is 17.7. The molecule has 0 spiro atoms. The number of H-pyrrole nitrogens is 1. The van der Waals surface area contributed by atoms with E-state index in [0.29, 0.717) is 32.2 Å². The number of nitrogen functional groups attached to an aromatic ring is 1. The zero-order valence-corrected chi connectivity index (χ0v) is 16.4. The number of halogens is 1. The number of nitrogens with two attached hydrogens (primary N) is 1. The number of aromatic nitrogens is 3. The lowest BCUT2D eigenvalue weighted by molar-refractivity contribution is -0.115. The number of nitrogens with zero attached hydrogens (tertiary/aromatic N) is 3. The van der Waals surface area contributed by atoms with Crippen molar-refractivity contribution < 1.29 is 4.79 Å². The molecule has 2 aromatic heterocycles. The number of carbonyl (C=O) groups is 1. The highest BCUT2D eigenvalue weighted by atomic mass is 35.5. The first-order chi connectivity index (χ1) is 14.0. The van der Waals surface area contributed by atoms with Gasteiger partial charge in [0.2, 0.25) is 0 Å². The maximum Gasteiger partial charge on any atom is 0.264 e. The van der Waals surface area contributed by atoms with Crippen LogP contribution in [-0.4, -0.2) is 26.0 Å². The number of pyridine rings is 1. The van der Waals surface area contributed by atoms with Gasteiger partial charge in [-0.15, -0.1) is 0 Å². The van der Waals surface area contributed by atoms with Crippen molar-refractivity contribution in [3.8, 4) is 0 Å². The Bertz CT molecular complexity index is 1360. The van der Waals surface area contributed by atoms with Crippen molar-refractivity contribution in [1.29, 1.82) is 0 Å². The Morgan fingerprint density at radius 3 is 2.97 bits per heavy atom. The zero-order chi connectivity index (χ0) is 20.0. The number of nitrogens with one attached hydrogen (secondary N) is 2. The number of amides is 1. The van der Waals surface area contributed by atoms with E-state index in [-0.39, 0.29) is 5.91 Å². The van der Waals surface area contributed by atoms with Crippen molar-refractivity contribution in [2.75, 3.05) is 5.73 Å². The minimum atomic E-state index is -0.207. The third-order valence-electron chi connectivity index (χ3n) is 4.37. The van der Waals surface area contributed by atoms with Crippen molar-refractivity contribution in [1.82, 2.24) is 20.3 Å². The standard InChI is InChI=1S/C20H13ClN6OS/c21-12-8-15-16(25-19(22)24-15)9-14(12)26-20-27-18(28)17(29-20)7-10-3-4-13-11(6-10)2-1-5-23-13/h1-9H,(H3,22,24,25)(H,26,27,28). The van der Waals surface area contributed by atoms with Gasteiger partial charge in [-0.25, -0.2) is 9.98 Å². The second-order valence-electron chi connectivity index (χ2n) is 6.38. The zero-order valence-electron chi connectivity index (χ0n) is 14.8. The fourth-order valence-electron chi connectivity index (χ4n) is 3.05. The first-order valence-electron chi connectivity index (χ1n) is 8.64. The van der Waals surface area contributed by atoms with Crippen molar-refractivity contribution in [3.05, 3.63) is 64.2 Å². The summed E-state index contributed by atoms with van der Waals surface area (Å²) >= 11 is 7.57. The molecular weight excluding hydrogens is 408 g/mol. The lowest BCUT2D eigenvalue weighted by atomic mass is 10.1. The van der Waals surface area contributed by atoms with Gasteiger partial charge in [0.05, 0.1) is 32.2 Å². The summed E-state index contributed by atoms with van der Waals surface area (Å²) in [6.45, 7) is 0. The Balaban J connectivity index is 1.46. The molecule has 0 saturated carbocycles. The largest absolute Gasteiger partial charge is 0.369 e. The number of carbonyl (C=O) groups excluding carboxylic acids is 1. The number of hydrogen-bond acceptors (Lipinski definition) is 6. The van der Waals surface area contributed by atoms with Crippen molar-refractivity contribution >= 4 is 74.1 Å². The molecule has 0 atom stereocenters. The number of fused-ring (bicyclic) bond motifs is 2. The molecule has 1 aliphatic rings. The molecule has 4 aromatic rings. The molecule has 1 fully saturated rings. The highest BCUT2D eigenvalue weighted by molar-refractivity contribution is 8.18. The maximum absolute atomic E-state index is 12.4. The summed E-state index contributed by atoms with van der Waals surface area (Å²) in [7, 11) is 0. The normalized spacial score (nSPS) is 16.9. The number of amidine groups is 1. The maximum atomic E-state index is 12.4. The Kier molecular flexibility index (Phi) is 4.22. The van der Waals surface area contributed by atoms with Crippen LogP contribution >= 0.6 is 23.4 Å². The van der Waals surface area contributed by atoms with Crippen LogP contribution in [0.2, 0.25) is 5.02 Å². The van der Waals surface area contributed by atoms with Crippen LogP contribution < -0.4 is 11.1 Å².